The van der Waals surface area contributed by atoms with E-state index in [0.29, 0.717) is 31.0 Å². The second kappa shape index (κ2) is 6.64. The normalized spacial score (nSPS) is 26.4. The van der Waals surface area contributed by atoms with Crippen LogP contribution in [0.1, 0.15) is 12.8 Å². The molecule has 1 N–H and O–H groups in total. The standard InChI is InChI=1S/C15H23N5O3S/c1-19(14-4-3-7-16-18-14)13-6-5-11-9-20(10-12(11)13)15(21)8-17-24(2,22)23/h3-4,7,11-13,17H,5-6,8-10H2,1-2H3/t11-,12+,13-/m1/s1. The Balaban J connectivity index is 1.62. The van der Waals surface area contributed by atoms with E-state index in [2.05, 4.69) is 19.8 Å². The fourth-order valence-corrected chi connectivity index (χ4v) is 4.26. The summed E-state index contributed by atoms with van der Waals surface area (Å²) in [5.74, 6) is 1.54. The number of sulfonamides is 1. The predicted molar refractivity (Wildman–Crippen MR) is 89.9 cm³/mol. The highest BCUT2D eigenvalue weighted by Crippen LogP contribution is 2.41. The van der Waals surface area contributed by atoms with E-state index in [-0.39, 0.29) is 12.5 Å². The van der Waals surface area contributed by atoms with Gasteiger partial charge in [-0.3, -0.25) is 4.79 Å². The van der Waals surface area contributed by atoms with Crippen molar-refractivity contribution in [2.45, 2.75) is 18.9 Å². The van der Waals surface area contributed by atoms with E-state index >= 15 is 0 Å². The molecule has 1 aromatic rings. The van der Waals surface area contributed by atoms with Crippen molar-refractivity contribution in [3.05, 3.63) is 18.3 Å². The molecule has 3 rings (SSSR count). The molecular weight excluding hydrogens is 330 g/mol. The van der Waals surface area contributed by atoms with Crippen molar-refractivity contribution in [3.63, 3.8) is 0 Å². The van der Waals surface area contributed by atoms with Gasteiger partial charge in [0.1, 0.15) is 0 Å². The maximum Gasteiger partial charge on any atom is 0.237 e. The smallest absolute Gasteiger partial charge is 0.237 e. The summed E-state index contributed by atoms with van der Waals surface area (Å²) in [6.45, 7) is 1.22. The van der Waals surface area contributed by atoms with Crippen LogP contribution in [0.2, 0.25) is 0 Å². The number of rotatable bonds is 5. The lowest BCUT2D eigenvalue weighted by Crippen LogP contribution is -2.41. The molecule has 2 heterocycles. The topological polar surface area (TPSA) is 95.5 Å². The fraction of sp³-hybridized carbons (Fsp3) is 0.667. The van der Waals surface area contributed by atoms with Crippen LogP contribution in [0.25, 0.3) is 0 Å². The lowest BCUT2D eigenvalue weighted by molar-refractivity contribution is -0.129. The summed E-state index contributed by atoms with van der Waals surface area (Å²) in [5, 5.41) is 8.10. The highest BCUT2D eigenvalue weighted by molar-refractivity contribution is 7.88. The summed E-state index contributed by atoms with van der Waals surface area (Å²) < 4.78 is 24.6. The lowest BCUT2D eigenvalue weighted by atomic mass is 9.97. The Kier molecular flexibility index (Phi) is 4.73. The Morgan fingerprint density at radius 2 is 2.21 bits per heavy atom. The molecule has 2 aliphatic rings. The molecule has 0 unspecified atom stereocenters. The van der Waals surface area contributed by atoms with Gasteiger partial charge in [-0.15, -0.1) is 5.10 Å². The highest BCUT2D eigenvalue weighted by Gasteiger charge is 2.45. The number of amides is 1. The van der Waals surface area contributed by atoms with Crippen molar-refractivity contribution in [2.24, 2.45) is 11.8 Å². The van der Waals surface area contributed by atoms with Crippen LogP contribution < -0.4 is 9.62 Å². The molecule has 0 spiro atoms. The van der Waals surface area contributed by atoms with Gasteiger partial charge in [-0.05, 0) is 30.9 Å². The molecule has 2 fully saturated rings. The quantitative estimate of drug-likeness (QED) is 0.781. The van der Waals surface area contributed by atoms with Crippen molar-refractivity contribution in [2.75, 3.05) is 37.8 Å². The Bertz CT molecular complexity index is 696. The number of nitrogens with zero attached hydrogens (tertiary/aromatic N) is 4. The van der Waals surface area contributed by atoms with Gasteiger partial charge in [-0.25, -0.2) is 13.1 Å². The number of fused-ring (bicyclic) bond motifs is 1. The van der Waals surface area contributed by atoms with E-state index in [4.69, 9.17) is 0 Å². The fourth-order valence-electron chi connectivity index (χ4n) is 3.88. The van der Waals surface area contributed by atoms with Crippen LogP contribution in [-0.4, -0.2) is 68.4 Å². The molecule has 9 heteroatoms. The number of carbonyl (C=O) groups excluding carboxylic acids is 1. The third kappa shape index (κ3) is 3.67. The Morgan fingerprint density at radius 1 is 1.42 bits per heavy atom. The molecule has 1 aromatic heterocycles. The zero-order chi connectivity index (χ0) is 17.3. The molecule has 1 amide bonds. The summed E-state index contributed by atoms with van der Waals surface area (Å²) in [6, 6.07) is 4.13. The van der Waals surface area contributed by atoms with Gasteiger partial charge >= 0.3 is 0 Å². The first-order valence-corrected chi connectivity index (χ1v) is 9.97. The number of aromatic nitrogens is 2. The number of nitrogens with one attached hydrogen (secondary N) is 1. The maximum absolute atomic E-state index is 12.2. The van der Waals surface area contributed by atoms with Gasteiger partial charge in [-0.2, -0.15) is 5.10 Å². The van der Waals surface area contributed by atoms with Crippen LogP contribution in [0.3, 0.4) is 0 Å². The zero-order valence-electron chi connectivity index (χ0n) is 13.9. The van der Waals surface area contributed by atoms with Crippen LogP contribution in [-0.2, 0) is 14.8 Å². The predicted octanol–water partition coefficient (Wildman–Crippen LogP) is -0.301. The molecule has 0 aromatic carbocycles. The Morgan fingerprint density at radius 3 is 2.88 bits per heavy atom. The van der Waals surface area contributed by atoms with Gasteiger partial charge in [-0.1, -0.05) is 0 Å². The number of hydrogen-bond donors (Lipinski definition) is 1. The second-order valence-electron chi connectivity index (χ2n) is 6.65. The van der Waals surface area contributed by atoms with Gasteiger partial charge < -0.3 is 9.80 Å². The van der Waals surface area contributed by atoms with Crippen molar-refractivity contribution in [3.8, 4) is 0 Å². The summed E-state index contributed by atoms with van der Waals surface area (Å²) in [6.07, 6.45) is 4.86. The molecule has 0 bridgehead atoms. The highest BCUT2D eigenvalue weighted by atomic mass is 32.2. The number of anilines is 1. The summed E-state index contributed by atoms with van der Waals surface area (Å²) in [7, 11) is -1.33. The molecule has 8 nitrogen and oxygen atoms in total. The molecule has 0 radical (unpaired) electrons. The third-order valence-corrected chi connectivity index (χ3v) is 5.74. The molecule has 24 heavy (non-hydrogen) atoms. The van der Waals surface area contributed by atoms with Crippen molar-refractivity contribution in [1.29, 1.82) is 0 Å². The number of hydrogen-bond acceptors (Lipinski definition) is 6. The molecule has 3 atom stereocenters. The van der Waals surface area contributed by atoms with Crippen LogP contribution in [0.5, 0.6) is 0 Å². The first-order valence-electron chi connectivity index (χ1n) is 8.08. The van der Waals surface area contributed by atoms with Crippen LogP contribution in [0.15, 0.2) is 18.3 Å². The first kappa shape index (κ1) is 17.1. The molecule has 1 saturated carbocycles. The summed E-state index contributed by atoms with van der Waals surface area (Å²) in [4.78, 5) is 16.2. The minimum Gasteiger partial charge on any atom is -0.355 e. The van der Waals surface area contributed by atoms with E-state index in [0.717, 1.165) is 24.9 Å². The van der Waals surface area contributed by atoms with E-state index in [9.17, 15) is 13.2 Å². The van der Waals surface area contributed by atoms with Crippen molar-refractivity contribution < 1.29 is 13.2 Å². The van der Waals surface area contributed by atoms with Gasteiger partial charge in [0.15, 0.2) is 5.82 Å². The van der Waals surface area contributed by atoms with Crippen LogP contribution in [0, 0.1) is 11.8 Å². The third-order valence-electron chi connectivity index (χ3n) is 5.07. The monoisotopic (exact) mass is 353 g/mol. The van der Waals surface area contributed by atoms with Crippen molar-refractivity contribution >= 4 is 21.7 Å². The van der Waals surface area contributed by atoms with Crippen LogP contribution in [0.4, 0.5) is 5.82 Å². The van der Waals surface area contributed by atoms with E-state index in [1.165, 1.54) is 0 Å². The second-order valence-corrected chi connectivity index (χ2v) is 8.49. The SMILES string of the molecule is CN(c1cccnn1)[C@@H]1CC[C@@H]2CN(C(=O)CNS(C)(=O)=O)C[C@@H]21. The molecule has 1 aliphatic carbocycles. The van der Waals surface area contributed by atoms with Gasteiger partial charge in [0.2, 0.25) is 15.9 Å². The summed E-state index contributed by atoms with van der Waals surface area (Å²) in [5.41, 5.74) is 0. The molecule has 1 saturated heterocycles. The number of likely N-dealkylation sites (tertiary alicyclic amines) is 1. The average Bonchev–Trinajstić information content (AvgIpc) is 3.12. The minimum absolute atomic E-state index is 0.157. The van der Waals surface area contributed by atoms with Crippen molar-refractivity contribution in [1.82, 2.24) is 19.8 Å². The van der Waals surface area contributed by atoms with E-state index < -0.39 is 10.0 Å². The van der Waals surface area contributed by atoms with Crippen LogP contribution >= 0.6 is 0 Å². The number of carbonyl (C=O) groups is 1. The largest absolute Gasteiger partial charge is 0.355 e. The Hall–Kier alpha value is -1.74. The molecule has 1 aliphatic heterocycles. The minimum atomic E-state index is -3.35. The van der Waals surface area contributed by atoms with E-state index in [1.54, 1.807) is 11.1 Å². The van der Waals surface area contributed by atoms with Gasteiger partial charge in [0.05, 0.1) is 12.8 Å². The zero-order valence-corrected chi connectivity index (χ0v) is 14.7. The average molecular weight is 353 g/mol. The molecular formula is C15H23N5O3S. The Labute approximate surface area is 142 Å². The lowest BCUT2D eigenvalue weighted by Gasteiger charge is -2.30. The maximum atomic E-state index is 12.2. The first-order chi connectivity index (χ1) is 11.3. The van der Waals surface area contributed by atoms with E-state index in [1.807, 2.05) is 19.2 Å². The van der Waals surface area contributed by atoms with Gasteiger partial charge in [0.25, 0.3) is 0 Å². The van der Waals surface area contributed by atoms with Gasteiger partial charge in [0, 0.05) is 38.3 Å². The summed E-state index contributed by atoms with van der Waals surface area (Å²) >= 11 is 0. The molecule has 132 valence electrons.